The highest BCUT2D eigenvalue weighted by Gasteiger charge is 2.28. The fraction of sp³-hybridized carbons (Fsp3) is 0.533. The van der Waals surface area contributed by atoms with E-state index in [4.69, 9.17) is 0 Å². The lowest BCUT2D eigenvalue weighted by atomic mass is 9.79. The highest BCUT2D eigenvalue weighted by molar-refractivity contribution is 5.89. The van der Waals surface area contributed by atoms with Crippen LogP contribution in [0.15, 0.2) is 30.3 Å². The van der Waals surface area contributed by atoms with Gasteiger partial charge in [0.2, 0.25) is 0 Å². The molecular weight excluding hydrogens is 224 g/mol. The third-order valence-corrected chi connectivity index (χ3v) is 3.87. The summed E-state index contributed by atoms with van der Waals surface area (Å²) in [6, 6.07) is 9.77. The largest absolute Gasteiger partial charge is 0.335 e. The van der Waals surface area contributed by atoms with Gasteiger partial charge in [0, 0.05) is 11.7 Å². The highest BCUT2D eigenvalue weighted by Crippen LogP contribution is 2.28. The molecule has 98 valence electrons. The van der Waals surface area contributed by atoms with E-state index in [1.807, 2.05) is 30.3 Å². The van der Waals surface area contributed by atoms with E-state index in [0.29, 0.717) is 17.9 Å². The second-order valence-corrected chi connectivity index (χ2v) is 5.38. The second kappa shape index (κ2) is 5.89. The normalized spacial score (nSPS) is 27.6. The van der Waals surface area contributed by atoms with Crippen LogP contribution < -0.4 is 10.6 Å². The van der Waals surface area contributed by atoms with E-state index in [2.05, 4.69) is 24.5 Å². The molecule has 0 heterocycles. The molecule has 2 unspecified atom stereocenters. The molecule has 1 aromatic rings. The van der Waals surface area contributed by atoms with Gasteiger partial charge in [-0.05, 0) is 36.8 Å². The van der Waals surface area contributed by atoms with Crippen LogP contribution in [0.1, 0.15) is 33.1 Å². The summed E-state index contributed by atoms with van der Waals surface area (Å²) < 4.78 is 0. The zero-order valence-electron chi connectivity index (χ0n) is 11.1. The molecular formula is C15H22N2O. The fourth-order valence-electron chi connectivity index (χ4n) is 2.81. The Morgan fingerprint density at radius 2 is 1.72 bits per heavy atom. The number of hydrogen-bond acceptors (Lipinski definition) is 1. The molecule has 0 bridgehead atoms. The Morgan fingerprint density at radius 1 is 1.11 bits per heavy atom. The smallest absolute Gasteiger partial charge is 0.319 e. The van der Waals surface area contributed by atoms with E-state index in [1.54, 1.807) is 0 Å². The molecule has 0 saturated heterocycles. The van der Waals surface area contributed by atoms with Crippen molar-refractivity contribution in [2.24, 2.45) is 11.8 Å². The fourth-order valence-corrected chi connectivity index (χ4v) is 2.81. The molecule has 0 radical (unpaired) electrons. The van der Waals surface area contributed by atoms with Crippen molar-refractivity contribution < 1.29 is 4.79 Å². The number of carbonyl (C=O) groups is 1. The van der Waals surface area contributed by atoms with Gasteiger partial charge in [-0.2, -0.15) is 0 Å². The van der Waals surface area contributed by atoms with Crippen molar-refractivity contribution in [1.82, 2.24) is 5.32 Å². The van der Waals surface area contributed by atoms with E-state index < -0.39 is 0 Å². The SMILES string of the molecule is CC1CCCC(C)C1NC(=O)Nc1ccccc1. The van der Waals surface area contributed by atoms with Crippen molar-refractivity contribution in [1.29, 1.82) is 0 Å². The van der Waals surface area contributed by atoms with Crippen LogP contribution in [-0.2, 0) is 0 Å². The maximum Gasteiger partial charge on any atom is 0.319 e. The van der Waals surface area contributed by atoms with Crippen LogP contribution in [0.3, 0.4) is 0 Å². The van der Waals surface area contributed by atoms with Crippen LogP contribution in [0.5, 0.6) is 0 Å². The first-order valence-electron chi connectivity index (χ1n) is 6.79. The third kappa shape index (κ3) is 3.25. The number of benzene rings is 1. The lowest BCUT2D eigenvalue weighted by Gasteiger charge is -2.35. The maximum atomic E-state index is 11.9. The summed E-state index contributed by atoms with van der Waals surface area (Å²) in [5.74, 6) is 1.13. The van der Waals surface area contributed by atoms with E-state index in [1.165, 1.54) is 19.3 Å². The predicted octanol–water partition coefficient (Wildman–Crippen LogP) is 3.63. The highest BCUT2D eigenvalue weighted by atomic mass is 16.2. The molecule has 2 N–H and O–H groups in total. The summed E-state index contributed by atoms with van der Waals surface area (Å²) in [5, 5.41) is 6.00. The first-order valence-corrected chi connectivity index (χ1v) is 6.79. The molecule has 1 aliphatic rings. The summed E-state index contributed by atoms with van der Waals surface area (Å²) in [6.45, 7) is 4.45. The third-order valence-electron chi connectivity index (χ3n) is 3.87. The maximum absolute atomic E-state index is 11.9. The zero-order valence-corrected chi connectivity index (χ0v) is 11.1. The van der Waals surface area contributed by atoms with Crippen LogP contribution in [0.25, 0.3) is 0 Å². The summed E-state index contributed by atoms with van der Waals surface area (Å²) in [6.07, 6.45) is 3.70. The number of anilines is 1. The van der Waals surface area contributed by atoms with Gasteiger partial charge in [0.15, 0.2) is 0 Å². The Kier molecular flexibility index (Phi) is 4.24. The standard InChI is InChI=1S/C15H22N2O/c1-11-7-6-8-12(2)14(11)17-15(18)16-13-9-4-3-5-10-13/h3-5,9-12,14H,6-8H2,1-2H3,(H2,16,17,18). The van der Waals surface area contributed by atoms with E-state index in [-0.39, 0.29) is 6.03 Å². The van der Waals surface area contributed by atoms with Crippen molar-refractivity contribution in [3.05, 3.63) is 30.3 Å². The molecule has 2 amide bonds. The second-order valence-electron chi connectivity index (χ2n) is 5.38. The number of hydrogen-bond donors (Lipinski definition) is 2. The number of carbonyl (C=O) groups excluding carboxylic acids is 1. The van der Waals surface area contributed by atoms with Gasteiger partial charge in [-0.3, -0.25) is 0 Å². The number of para-hydroxylation sites is 1. The molecule has 1 saturated carbocycles. The molecule has 1 fully saturated rings. The van der Waals surface area contributed by atoms with Crippen LogP contribution in [0.4, 0.5) is 10.5 Å². The zero-order chi connectivity index (χ0) is 13.0. The van der Waals surface area contributed by atoms with Crippen LogP contribution >= 0.6 is 0 Å². The van der Waals surface area contributed by atoms with Gasteiger partial charge in [0.25, 0.3) is 0 Å². The first kappa shape index (κ1) is 12.9. The molecule has 2 rings (SSSR count). The summed E-state index contributed by atoms with van der Waals surface area (Å²) in [4.78, 5) is 11.9. The minimum Gasteiger partial charge on any atom is -0.335 e. The van der Waals surface area contributed by atoms with Gasteiger partial charge in [-0.1, -0.05) is 38.5 Å². The van der Waals surface area contributed by atoms with Crippen molar-refractivity contribution in [3.63, 3.8) is 0 Å². The Bertz CT molecular complexity index is 381. The van der Waals surface area contributed by atoms with Crippen molar-refractivity contribution in [3.8, 4) is 0 Å². The van der Waals surface area contributed by atoms with Gasteiger partial charge in [0.05, 0.1) is 0 Å². The Morgan fingerprint density at radius 3 is 2.33 bits per heavy atom. The van der Waals surface area contributed by atoms with Crippen molar-refractivity contribution >= 4 is 11.7 Å². The predicted molar refractivity (Wildman–Crippen MR) is 74.6 cm³/mol. The van der Waals surface area contributed by atoms with Gasteiger partial charge < -0.3 is 10.6 Å². The van der Waals surface area contributed by atoms with E-state index in [0.717, 1.165) is 5.69 Å². The van der Waals surface area contributed by atoms with E-state index >= 15 is 0 Å². The Balaban J connectivity index is 1.90. The van der Waals surface area contributed by atoms with Crippen molar-refractivity contribution in [2.75, 3.05) is 5.32 Å². The molecule has 0 spiro atoms. The van der Waals surface area contributed by atoms with Crippen LogP contribution in [0.2, 0.25) is 0 Å². The molecule has 1 aromatic carbocycles. The Hall–Kier alpha value is -1.51. The molecule has 18 heavy (non-hydrogen) atoms. The van der Waals surface area contributed by atoms with E-state index in [9.17, 15) is 4.79 Å². The molecule has 3 heteroatoms. The lowest BCUT2D eigenvalue weighted by Crippen LogP contribution is -2.47. The molecule has 2 atom stereocenters. The summed E-state index contributed by atoms with van der Waals surface area (Å²) >= 11 is 0. The monoisotopic (exact) mass is 246 g/mol. The number of rotatable bonds is 2. The van der Waals surface area contributed by atoms with Gasteiger partial charge in [0.1, 0.15) is 0 Å². The molecule has 1 aliphatic carbocycles. The topological polar surface area (TPSA) is 41.1 Å². The Labute approximate surface area is 109 Å². The summed E-state index contributed by atoms with van der Waals surface area (Å²) in [7, 11) is 0. The molecule has 0 aliphatic heterocycles. The summed E-state index contributed by atoms with van der Waals surface area (Å²) in [5.41, 5.74) is 0.839. The molecule has 3 nitrogen and oxygen atoms in total. The molecule has 0 aromatic heterocycles. The van der Waals surface area contributed by atoms with Gasteiger partial charge >= 0.3 is 6.03 Å². The number of urea groups is 1. The minimum atomic E-state index is -0.0909. The van der Waals surface area contributed by atoms with Gasteiger partial charge in [-0.25, -0.2) is 4.79 Å². The van der Waals surface area contributed by atoms with Crippen LogP contribution in [-0.4, -0.2) is 12.1 Å². The minimum absolute atomic E-state index is 0.0909. The number of amides is 2. The lowest BCUT2D eigenvalue weighted by molar-refractivity contribution is 0.202. The van der Waals surface area contributed by atoms with Gasteiger partial charge in [-0.15, -0.1) is 0 Å². The van der Waals surface area contributed by atoms with Crippen molar-refractivity contribution in [2.45, 2.75) is 39.2 Å². The average molecular weight is 246 g/mol. The number of nitrogens with one attached hydrogen (secondary N) is 2. The first-order chi connectivity index (χ1) is 8.66. The average Bonchev–Trinajstić information content (AvgIpc) is 2.35. The quantitative estimate of drug-likeness (QED) is 0.822. The van der Waals surface area contributed by atoms with Crippen LogP contribution in [0, 0.1) is 11.8 Å².